The van der Waals surface area contributed by atoms with Crippen LogP contribution in [0.4, 0.5) is 0 Å². The van der Waals surface area contributed by atoms with Crippen molar-refractivity contribution in [3.63, 3.8) is 0 Å². The summed E-state index contributed by atoms with van der Waals surface area (Å²) in [6, 6.07) is 0. The highest BCUT2D eigenvalue weighted by atomic mass is 17.2. The molecule has 0 radical (unpaired) electrons. The van der Waals surface area contributed by atoms with Crippen LogP contribution in [0.3, 0.4) is 0 Å². The fraction of sp³-hybridized carbons (Fsp3) is 0.923. The van der Waals surface area contributed by atoms with Gasteiger partial charge in [-0.05, 0) is 38.5 Å². The minimum atomic E-state index is -0.981. The van der Waals surface area contributed by atoms with Gasteiger partial charge in [0.1, 0.15) is 0 Å². The fourth-order valence-corrected chi connectivity index (χ4v) is 1.65. The second-order valence-electron chi connectivity index (χ2n) is 6.79. The van der Waals surface area contributed by atoms with Crippen molar-refractivity contribution in [3.05, 3.63) is 0 Å². The number of carboxylic acids is 1. The van der Waals surface area contributed by atoms with E-state index in [0.717, 1.165) is 6.42 Å². The molecule has 0 fully saturated rings. The predicted octanol–water partition coefficient (Wildman–Crippen LogP) is 3.26. The molecule has 1 N–H and O–H groups in total. The molecule has 0 saturated carbocycles. The first kappa shape index (κ1) is 16.4. The number of hydrogen-bond acceptors (Lipinski definition) is 3. The van der Waals surface area contributed by atoms with Gasteiger partial charge >= 0.3 is 5.97 Å². The standard InChI is InChI=1S/C13H26O4/c1-9(8-12(2,3)4)10(11(14)15)16-17-13(5,6)7/h9-10H,8H2,1-7H3,(H,14,15). The molecule has 17 heavy (non-hydrogen) atoms. The fourth-order valence-electron chi connectivity index (χ4n) is 1.65. The Hall–Kier alpha value is -0.610. The Morgan fingerprint density at radius 2 is 1.65 bits per heavy atom. The van der Waals surface area contributed by atoms with E-state index in [4.69, 9.17) is 14.9 Å². The van der Waals surface area contributed by atoms with Crippen LogP contribution in [0.5, 0.6) is 0 Å². The monoisotopic (exact) mass is 246 g/mol. The van der Waals surface area contributed by atoms with E-state index in [1.54, 1.807) is 0 Å². The van der Waals surface area contributed by atoms with Gasteiger partial charge in [-0.25, -0.2) is 14.6 Å². The van der Waals surface area contributed by atoms with E-state index in [1.165, 1.54) is 0 Å². The highest BCUT2D eigenvalue weighted by Crippen LogP contribution is 2.28. The SMILES string of the molecule is CC(CC(C)(C)C)C(OOC(C)(C)C)C(=O)O. The van der Waals surface area contributed by atoms with Crippen LogP contribution < -0.4 is 0 Å². The number of carbonyl (C=O) groups is 1. The molecular formula is C13H26O4. The van der Waals surface area contributed by atoms with Crippen molar-refractivity contribution in [1.29, 1.82) is 0 Å². The van der Waals surface area contributed by atoms with Crippen LogP contribution in [-0.4, -0.2) is 22.8 Å². The Morgan fingerprint density at radius 1 is 1.18 bits per heavy atom. The Kier molecular flexibility index (Phi) is 5.62. The van der Waals surface area contributed by atoms with Crippen molar-refractivity contribution in [2.45, 2.75) is 66.6 Å². The molecule has 2 atom stereocenters. The molecule has 2 unspecified atom stereocenters. The molecule has 0 saturated heterocycles. The first-order chi connectivity index (χ1) is 7.42. The van der Waals surface area contributed by atoms with Gasteiger partial charge in [-0.2, -0.15) is 0 Å². The smallest absolute Gasteiger partial charge is 0.336 e. The topological polar surface area (TPSA) is 55.8 Å². The third-order valence-electron chi connectivity index (χ3n) is 2.10. The van der Waals surface area contributed by atoms with Crippen molar-refractivity contribution in [1.82, 2.24) is 0 Å². The molecule has 0 aromatic heterocycles. The summed E-state index contributed by atoms with van der Waals surface area (Å²) >= 11 is 0. The largest absolute Gasteiger partial charge is 0.479 e. The molecule has 0 aromatic rings. The average Bonchev–Trinajstić information content (AvgIpc) is 1.96. The summed E-state index contributed by atoms with van der Waals surface area (Å²) in [4.78, 5) is 21.3. The van der Waals surface area contributed by atoms with Crippen LogP contribution in [0.25, 0.3) is 0 Å². The Labute approximate surface area is 104 Å². The third kappa shape index (κ3) is 8.16. The third-order valence-corrected chi connectivity index (χ3v) is 2.10. The lowest BCUT2D eigenvalue weighted by Gasteiger charge is -2.28. The molecule has 102 valence electrons. The number of aliphatic carboxylic acids is 1. The van der Waals surface area contributed by atoms with E-state index in [0.29, 0.717) is 0 Å². The summed E-state index contributed by atoms with van der Waals surface area (Å²) in [5.41, 5.74) is -0.437. The maximum atomic E-state index is 11.1. The van der Waals surface area contributed by atoms with Crippen LogP contribution in [0.15, 0.2) is 0 Å². The summed E-state index contributed by atoms with van der Waals surface area (Å²) in [5.74, 6) is -1.08. The minimum absolute atomic E-state index is 0.0677. The normalized spacial score (nSPS) is 16.6. The lowest BCUT2D eigenvalue weighted by atomic mass is 9.83. The van der Waals surface area contributed by atoms with Crippen molar-refractivity contribution in [2.24, 2.45) is 11.3 Å². The van der Waals surface area contributed by atoms with Crippen LogP contribution in [0.1, 0.15) is 54.9 Å². The van der Waals surface area contributed by atoms with E-state index >= 15 is 0 Å². The van der Waals surface area contributed by atoms with E-state index in [-0.39, 0.29) is 11.3 Å². The molecule has 0 spiro atoms. The van der Waals surface area contributed by atoms with Crippen molar-refractivity contribution >= 4 is 5.97 Å². The predicted molar refractivity (Wildman–Crippen MR) is 66.6 cm³/mol. The van der Waals surface area contributed by atoms with Crippen LogP contribution in [0, 0.1) is 11.3 Å². The van der Waals surface area contributed by atoms with Crippen LogP contribution in [0.2, 0.25) is 0 Å². The molecular weight excluding hydrogens is 220 g/mol. The molecule has 0 aliphatic carbocycles. The van der Waals surface area contributed by atoms with Gasteiger partial charge in [-0.1, -0.05) is 27.7 Å². The van der Waals surface area contributed by atoms with Gasteiger partial charge < -0.3 is 5.11 Å². The summed E-state index contributed by atoms with van der Waals surface area (Å²) in [6.45, 7) is 13.6. The van der Waals surface area contributed by atoms with E-state index in [2.05, 4.69) is 20.8 Å². The Morgan fingerprint density at radius 3 is 1.94 bits per heavy atom. The van der Waals surface area contributed by atoms with Gasteiger partial charge in [-0.3, -0.25) is 0 Å². The van der Waals surface area contributed by atoms with E-state index in [1.807, 2.05) is 27.7 Å². The van der Waals surface area contributed by atoms with Crippen LogP contribution >= 0.6 is 0 Å². The van der Waals surface area contributed by atoms with E-state index in [9.17, 15) is 4.79 Å². The molecule has 0 aromatic carbocycles. The highest BCUT2D eigenvalue weighted by molar-refractivity contribution is 5.72. The molecule has 0 heterocycles. The van der Waals surface area contributed by atoms with Gasteiger partial charge in [0.15, 0.2) is 6.10 Å². The molecule has 0 rings (SSSR count). The zero-order chi connectivity index (χ0) is 13.9. The second-order valence-corrected chi connectivity index (χ2v) is 6.79. The van der Waals surface area contributed by atoms with Gasteiger partial charge in [0.2, 0.25) is 0 Å². The van der Waals surface area contributed by atoms with Gasteiger partial charge in [0.25, 0.3) is 0 Å². The molecule has 4 nitrogen and oxygen atoms in total. The molecule has 0 aliphatic rings. The maximum absolute atomic E-state index is 11.1. The van der Waals surface area contributed by atoms with Gasteiger partial charge in [0, 0.05) is 0 Å². The zero-order valence-corrected chi connectivity index (χ0v) is 12.0. The molecule has 0 aliphatic heterocycles. The Balaban J connectivity index is 4.48. The summed E-state index contributed by atoms with van der Waals surface area (Å²) in [6.07, 6.45) is -0.161. The lowest BCUT2D eigenvalue weighted by molar-refractivity contribution is -0.374. The van der Waals surface area contributed by atoms with Crippen LogP contribution in [-0.2, 0) is 14.6 Å². The zero-order valence-electron chi connectivity index (χ0n) is 12.0. The van der Waals surface area contributed by atoms with Crippen molar-refractivity contribution in [2.75, 3.05) is 0 Å². The molecule has 4 heteroatoms. The van der Waals surface area contributed by atoms with Crippen molar-refractivity contribution in [3.8, 4) is 0 Å². The second kappa shape index (κ2) is 5.83. The number of rotatable bonds is 5. The summed E-state index contributed by atoms with van der Waals surface area (Å²) in [7, 11) is 0. The Bertz CT molecular complexity index is 247. The highest BCUT2D eigenvalue weighted by Gasteiger charge is 2.31. The minimum Gasteiger partial charge on any atom is -0.479 e. The first-order valence-electron chi connectivity index (χ1n) is 6.00. The average molecular weight is 246 g/mol. The van der Waals surface area contributed by atoms with Gasteiger partial charge in [0.05, 0.1) is 5.60 Å². The van der Waals surface area contributed by atoms with E-state index < -0.39 is 17.7 Å². The number of hydrogen-bond donors (Lipinski definition) is 1. The van der Waals surface area contributed by atoms with Gasteiger partial charge in [-0.15, -0.1) is 0 Å². The quantitative estimate of drug-likeness (QED) is 0.597. The first-order valence-corrected chi connectivity index (χ1v) is 6.00. The maximum Gasteiger partial charge on any atom is 0.336 e. The number of carboxylic acid groups (broad SMARTS) is 1. The summed E-state index contributed by atoms with van der Waals surface area (Å²) in [5, 5.41) is 9.13. The lowest BCUT2D eigenvalue weighted by Crippen LogP contribution is -2.35. The van der Waals surface area contributed by atoms with Crippen molar-refractivity contribution < 1.29 is 19.7 Å². The molecule has 0 bridgehead atoms. The summed E-state index contributed by atoms with van der Waals surface area (Å²) < 4.78 is 0. The molecule has 0 amide bonds.